The molecule has 0 spiro atoms. The number of aromatic nitrogens is 2. The van der Waals surface area contributed by atoms with Crippen LogP contribution in [-0.2, 0) is 16.6 Å². The fraction of sp³-hybridized carbons (Fsp3) is 0.750. The van der Waals surface area contributed by atoms with Gasteiger partial charge in [-0.2, -0.15) is 13.2 Å². The summed E-state index contributed by atoms with van der Waals surface area (Å²) in [6.07, 6.45) is -2.06. The Bertz CT molecular complexity index is 610. The van der Waals surface area contributed by atoms with Crippen LogP contribution in [0, 0.1) is 0 Å². The first-order valence-electron chi connectivity index (χ1n) is 7.27. The Labute approximate surface area is 132 Å². The molecule has 2 heterocycles. The van der Waals surface area contributed by atoms with Gasteiger partial charge in [-0.25, -0.2) is 18.1 Å². The van der Waals surface area contributed by atoms with Crippen LogP contribution in [0.2, 0.25) is 0 Å². The summed E-state index contributed by atoms with van der Waals surface area (Å²) in [5.74, 6) is 0. The van der Waals surface area contributed by atoms with E-state index in [0.717, 1.165) is 6.20 Å². The van der Waals surface area contributed by atoms with Crippen LogP contribution in [0.5, 0.6) is 0 Å². The van der Waals surface area contributed by atoms with Crippen LogP contribution in [0.1, 0.15) is 6.92 Å². The second kappa shape index (κ2) is 7.16. The van der Waals surface area contributed by atoms with Crippen molar-refractivity contribution in [3.63, 3.8) is 0 Å². The van der Waals surface area contributed by atoms with E-state index in [1.165, 1.54) is 15.8 Å². The summed E-state index contributed by atoms with van der Waals surface area (Å²) in [7, 11) is -4.05. The molecule has 1 atom stereocenters. The second-order valence-corrected chi connectivity index (χ2v) is 6.93. The maximum atomic E-state index is 13.3. The van der Waals surface area contributed by atoms with Gasteiger partial charge < -0.3 is 9.88 Å². The van der Waals surface area contributed by atoms with Crippen molar-refractivity contribution in [1.29, 1.82) is 0 Å². The van der Waals surface area contributed by atoms with Crippen molar-refractivity contribution in [2.24, 2.45) is 0 Å². The maximum absolute atomic E-state index is 13.3. The van der Waals surface area contributed by atoms with Gasteiger partial charge >= 0.3 is 6.18 Å². The summed E-state index contributed by atoms with van der Waals surface area (Å²) in [4.78, 5) is 4.97. The molecule has 1 aliphatic heterocycles. The number of hydrogen-bond donors (Lipinski definition) is 2. The van der Waals surface area contributed by atoms with Crippen LogP contribution in [0.25, 0.3) is 0 Å². The van der Waals surface area contributed by atoms with Crippen molar-refractivity contribution in [2.45, 2.75) is 30.7 Å². The van der Waals surface area contributed by atoms with Gasteiger partial charge in [0.15, 0.2) is 5.03 Å². The molecule has 2 N–H and O–H groups in total. The minimum atomic E-state index is -4.51. The molecule has 2 rings (SSSR count). The van der Waals surface area contributed by atoms with Crippen molar-refractivity contribution >= 4 is 10.0 Å². The summed E-state index contributed by atoms with van der Waals surface area (Å²) < 4.78 is 67.6. The monoisotopic (exact) mass is 355 g/mol. The summed E-state index contributed by atoms with van der Waals surface area (Å²) >= 11 is 0. The highest BCUT2D eigenvalue weighted by Crippen LogP contribution is 2.25. The number of imidazole rings is 1. The SMILES string of the molecule is CCn1cncc1S(=O)(=O)NCC(N1CCNCC1)C(F)(F)F. The number of nitrogens with one attached hydrogen (secondary N) is 2. The van der Waals surface area contributed by atoms with Crippen molar-refractivity contribution < 1.29 is 21.6 Å². The topological polar surface area (TPSA) is 79.3 Å². The Balaban J connectivity index is 2.11. The van der Waals surface area contributed by atoms with Gasteiger partial charge in [-0.15, -0.1) is 0 Å². The lowest BCUT2D eigenvalue weighted by atomic mass is 10.2. The Morgan fingerprint density at radius 1 is 1.39 bits per heavy atom. The minimum absolute atomic E-state index is 0.138. The number of piperazine rings is 1. The first-order valence-corrected chi connectivity index (χ1v) is 8.75. The minimum Gasteiger partial charge on any atom is -0.321 e. The Morgan fingerprint density at radius 2 is 2.04 bits per heavy atom. The molecule has 7 nitrogen and oxygen atoms in total. The van der Waals surface area contributed by atoms with Gasteiger partial charge in [-0.1, -0.05) is 0 Å². The number of rotatable bonds is 6. The van der Waals surface area contributed by atoms with Gasteiger partial charge in [0.25, 0.3) is 10.0 Å². The van der Waals surface area contributed by atoms with Crippen molar-refractivity contribution in [3.8, 4) is 0 Å². The molecule has 0 saturated carbocycles. The zero-order chi connectivity index (χ0) is 17.1. The van der Waals surface area contributed by atoms with Gasteiger partial charge in [-0.3, -0.25) is 4.90 Å². The van der Waals surface area contributed by atoms with E-state index in [1.54, 1.807) is 6.92 Å². The first-order chi connectivity index (χ1) is 10.8. The summed E-state index contributed by atoms with van der Waals surface area (Å²) in [6.45, 7) is 2.69. The van der Waals surface area contributed by atoms with E-state index in [2.05, 4.69) is 15.0 Å². The van der Waals surface area contributed by atoms with Gasteiger partial charge in [0.2, 0.25) is 0 Å². The highest BCUT2D eigenvalue weighted by atomic mass is 32.2. The third-order valence-electron chi connectivity index (χ3n) is 3.73. The highest BCUT2D eigenvalue weighted by Gasteiger charge is 2.44. The fourth-order valence-corrected chi connectivity index (χ4v) is 3.69. The van der Waals surface area contributed by atoms with Crippen molar-refractivity contribution in [1.82, 2.24) is 24.5 Å². The number of nitrogens with zero attached hydrogens (tertiary/aromatic N) is 3. The molecule has 0 aromatic carbocycles. The van der Waals surface area contributed by atoms with Crippen LogP contribution in [-0.4, -0.2) is 67.8 Å². The van der Waals surface area contributed by atoms with Crippen LogP contribution in [0.15, 0.2) is 17.6 Å². The lowest BCUT2D eigenvalue weighted by Crippen LogP contribution is -2.57. The normalized spacial score (nSPS) is 19.0. The predicted octanol–water partition coefficient (Wildman–Crippen LogP) is 0.0174. The summed E-state index contributed by atoms with van der Waals surface area (Å²) in [5, 5.41) is 2.83. The molecule has 1 unspecified atom stereocenters. The Hall–Kier alpha value is -1.17. The summed E-state index contributed by atoms with van der Waals surface area (Å²) in [5.41, 5.74) is 0. The smallest absolute Gasteiger partial charge is 0.321 e. The molecule has 132 valence electrons. The van der Waals surface area contributed by atoms with Crippen LogP contribution >= 0.6 is 0 Å². The number of aryl methyl sites for hydroxylation is 1. The summed E-state index contributed by atoms with van der Waals surface area (Å²) in [6, 6.07) is -1.85. The zero-order valence-corrected chi connectivity index (χ0v) is 13.5. The molecule has 11 heteroatoms. The lowest BCUT2D eigenvalue weighted by molar-refractivity contribution is -0.182. The van der Waals surface area contributed by atoms with E-state index in [4.69, 9.17) is 0 Å². The average Bonchev–Trinajstić information content (AvgIpc) is 2.96. The number of alkyl halides is 3. The van der Waals surface area contributed by atoms with Crippen LogP contribution in [0.4, 0.5) is 13.2 Å². The molecule has 0 aliphatic carbocycles. The molecule has 1 aromatic heterocycles. The van der Waals surface area contributed by atoms with Crippen LogP contribution in [0.3, 0.4) is 0 Å². The average molecular weight is 355 g/mol. The number of hydrogen-bond acceptors (Lipinski definition) is 5. The molecule has 1 aromatic rings. The van der Waals surface area contributed by atoms with E-state index >= 15 is 0 Å². The molecule has 1 aliphatic rings. The standard InChI is InChI=1S/C12H20F3N5O2S/c1-2-19-9-17-8-11(19)23(21,22)18-7-10(12(13,14)15)20-5-3-16-4-6-20/h8-10,16,18H,2-7H2,1H3. The lowest BCUT2D eigenvalue weighted by Gasteiger charge is -2.35. The Morgan fingerprint density at radius 3 is 2.61 bits per heavy atom. The molecule has 0 bridgehead atoms. The molecule has 0 amide bonds. The third kappa shape index (κ3) is 4.43. The van der Waals surface area contributed by atoms with Crippen molar-refractivity contribution in [2.75, 3.05) is 32.7 Å². The number of halogens is 3. The van der Waals surface area contributed by atoms with Crippen molar-refractivity contribution in [3.05, 3.63) is 12.5 Å². The predicted molar refractivity (Wildman–Crippen MR) is 77.4 cm³/mol. The van der Waals surface area contributed by atoms with E-state index in [9.17, 15) is 21.6 Å². The van der Waals surface area contributed by atoms with E-state index in [-0.39, 0.29) is 18.1 Å². The van der Waals surface area contributed by atoms with Gasteiger partial charge in [-0.05, 0) is 6.92 Å². The highest BCUT2D eigenvalue weighted by molar-refractivity contribution is 7.89. The van der Waals surface area contributed by atoms with E-state index in [0.29, 0.717) is 19.6 Å². The fourth-order valence-electron chi connectivity index (χ4n) is 2.48. The second-order valence-electron chi connectivity index (χ2n) is 5.21. The molecule has 23 heavy (non-hydrogen) atoms. The molecule has 0 radical (unpaired) electrons. The van der Waals surface area contributed by atoms with Crippen LogP contribution < -0.4 is 10.0 Å². The molecule has 1 fully saturated rings. The molecule has 1 saturated heterocycles. The van der Waals surface area contributed by atoms with E-state index in [1.807, 2.05) is 0 Å². The largest absolute Gasteiger partial charge is 0.405 e. The first kappa shape index (κ1) is 18.2. The molecular formula is C12H20F3N5O2S. The number of sulfonamides is 1. The Kier molecular flexibility index (Phi) is 5.65. The third-order valence-corrected chi connectivity index (χ3v) is 5.16. The van der Waals surface area contributed by atoms with Gasteiger partial charge in [0.1, 0.15) is 6.04 Å². The van der Waals surface area contributed by atoms with Gasteiger partial charge in [0.05, 0.1) is 12.5 Å². The van der Waals surface area contributed by atoms with Gasteiger partial charge in [0, 0.05) is 39.3 Å². The molecular weight excluding hydrogens is 335 g/mol. The van der Waals surface area contributed by atoms with E-state index < -0.39 is 28.8 Å². The zero-order valence-electron chi connectivity index (χ0n) is 12.7. The maximum Gasteiger partial charge on any atom is 0.405 e. The quantitative estimate of drug-likeness (QED) is 0.752.